The Morgan fingerprint density at radius 1 is 0.390 bits per heavy atom. The van der Waals surface area contributed by atoms with Gasteiger partial charge in [0.15, 0.2) is 0 Å². The van der Waals surface area contributed by atoms with Crippen molar-refractivity contribution in [2.24, 2.45) is 0 Å². The van der Waals surface area contributed by atoms with Crippen LogP contribution in [0.2, 0.25) is 0 Å². The monoisotopic (exact) mass is 1550 g/mol. The van der Waals surface area contributed by atoms with Crippen LogP contribution in [0.4, 0.5) is 13.2 Å². The molecule has 0 radical (unpaired) electrons. The van der Waals surface area contributed by atoms with Gasteiger partial charge in [0.1, 0.15) is 5.82 Å². The van der Waals surface area contributed by atoms with E-state index in [1.54, 1.807) is 12.3 Å². The summed E-state index contributed by atoms with van der Waals surface area (Å²) in [7, 11) is -0.424. The van der Waals surface area contributed by atoms with Crippen molar-refractivity contribution < 1.29 is 33.0 Å². The van der Waals surface area contributed by atoms with E-state index in [0.717, 1.165) is 27.9 Å². The number of aryl methyl sites for hydroxylation is 7. The van der Waals surface area contributed by atoms with Gasteiger partial charge in [0.05, 0.1) is 48.7 Å². The average molecular weight is 1550 g/mol. The van der Waals surface area contributed by atoms with Crippen LogP contribution in [0.25, 0.3) is 56.4 Å². The Kier molecular flexibility index (Phi) is 27.4. The van der Waals surface area contributed by atoms with E-state index >= 15 is 0 Å². The van der Waals surface area contributed by atoms with E-state index in [0.29, 0.717) is 11.6 Å². The predicted molar refractivity (Wildman–Crippen MR) is 413 cm³/mol. The van der Waals surface area contributed by atoms with Gasteiger partial charge in [-0.3, -0.25) is 35.1 Å². The molecule has 0 saturated carbocycles. The summed E-state index contributed by atoms with van der Waals surface area (Å²) in [5, 5.41) is 17.4. The average Bonchev–Trinajstić information content (AvgIpc) is 0.828. The molecule has 0 N–H and O–H groups in total. The Morgan fingerprint density at radius 2 is 0.730 bits per heavy atom. The molecule has 0 aliphatic rings. The van der Waals surface area contributed by atoms with Crippen LogP contribution in [0.1, 0.15) is 114 Å². The van der Waals surface area contributed by atoms with E-state index in [1.165, 1.54) is 106 Å². The van der Waals surface area contributed by atoms with Crippen LogP contribution >= 0.6 is 15.8 Å². The van der Waals surface area contributed by atoms with E-state index in [4.69, 9.17) is 0 Å². The largest absolute Gasteiger partial charge is 2.00 e. The zero-order valence-corrected chi connectivity index (χ0v) is 65.9. The molecule has 0 bridgehead atoms. The maximum absolute atomic E-state index is 12.4. The smallest absolute Gasteiger partial charge is 0.421 e. The topological polar surface area (TPSA) is 144 Å². The summed E-state index contributed by atoms with van der Waals surface area (Å²) in [5.74, 6) is -0.0783. The number of benzene rings is 5. The summed E-state index contributed by atoms with van der Waals surface area (Å²) in [6.45, 7) is 44.0. The number of halogens is 3. The first kappa shape index (κ1) is 78.8. The first-order chi connectivity index (χ1) is 46.8. The second kappa shape index (κ2) is 34.7. The normalized spacial score (nSPS) is 11.2. The van der Waals surface area contributed by atoms with Crippen LogP contribution in [0.3, 0.4) is 0 Å². The Hall–Kier alpha value is -8.52. The van der Waals surface area contributed by atoms with Crippen LogP contribution in [-0.4, -0.2) is 78.5 Å². The van der Waals surface area contributed by atoms with Gasteiger partial charge in [-0.15, -0.1) is 0 Å². The molecule has 0 unspecified atom stereocenters. The van der Waals surface area contributed by atoms with E-state index in [9.17, 15) is 13.2 Å². The molecule has 7 heterocycles. The summed E-state index contributed by atoms with van der Waals surface area (Å²) in [4.78, 5) is 29.4. The van der Waals surface area contributed by atoms with Gasteiger partial charge in [0, 0.05) is 87.9 Å². The third-order valence-electron chi connectivity index (χ3n) is 17.5. The summed E-state index contributed by atoms with van der Waals surface area (Å²) in [5.41, 5.74) is 26.2. The quantitative estimate of drug-likeness (QED) is 0.0953. The zero-order chi connectivity index (χ0) is 72.1. The summed E-state index contributed by atoms with van der Waals surface area (Å²) >= 11 is 0. The third kappa shape index (κ3) is 19.9. The molecule has 7 aromatic heterocycles. The minimum Gasteiger partial charge on any atom is -0.421 e. The number of aromatic nitrogens is 11. The van der Waals surface area contributed by atoms with Gasteiger partial charge in [-0.2, -0.15) is 13.2 Å². The number of hydrogen-bond donors (Lipinski definition) is 0. The first-order valence-electron chi connectivity index (χ1n) is 33.3. The van der Waals surface area contributed by atoms with Crippen molar-refractivity contribution in [3.8, 4) is 56.4 Å². The van der Waals surface area contributed by atoms with Crippen molar-refractivity contribution in [1.29, 1.82) is 0 Å². The summed E-state index contributed by atoms with van der Waals surface area (Å²) in [6.07, 6.45) is 10.3. The van der Waals surface area contributed by atoms with Crippen LogP contribution in [0, 0.1) is 69.2 Å². The van der Waals surface area contributed by atoms with E-state index in [1.807, 2.05) is 101 Å². The Labute approximate surface area is 606 Å². The molecule has 0 aliphatic heterocycles. The molecule has 11 nitrogen and oxygen atoms in total. The number of pyridine rings is 5. The molecule has 18 heteroatoms. The van der Waals surface area contributed by atoms with Crippen molar-refractivity contribution >= 4 is 49.6 Å². The zero-order valence-electron chi connectivity index (χ0n) is 61.4. The van der Waals surface area contributed by atoms with Crippen molar-refractivity contribution in [2.75, 3.05) is 26.7 Å². The minimum absolute atomic E-state index is 0. The van der Waals surface area contributed by atoms with E-state index < -0.39 is 12.0 Å². The second-order valence-electron chi connectivity index (χ2n) is 27.7. The maximum atomic E-state index is 12.4. The van der Waals surface area contributed by atoms with Crippen molar-refractivity contribution in [3.05, 3.63) is 262 Å². The fourth-order valence-electron chi connectivity index (χ4n) is 12.7. The molecule has 0 aliphatic carbocycles. The first-order valence-corrected chi connectivity index (χ1v) is 38.3. The number of hydrogen-bond acceptors (Lipinski definition) is 9. The standard InChI is InChI=1S/C42H42BN3.C12H12F3N4.C12H15N4.2C8H11P.Os/c1-25-19-28(4)40(31(7)37(25)34-13-10-16-44-22-34)43(41-29(5)20-26(2)38(32(41)8)35-14-11-17-45-23-35)42-30(6)21-27(3)39(33(42)9)36-15-12-18-46-24-36;1-11(2,3)7-4-5-16-8(6-7)9-17-10(19-18-9)12(13,14)15;1-8-14-11(16-15-8)10-7-9(5-6-13-10)12(2,3)4;2*1-9(2)8-6-4-3-5-7-8;/h10-24H,1-9H3;4-6H,1-3H3;5-7H,1-4H3;2*3-7H,1-2H3;/q;2*-1;;;+2/p+2. The maximum Gasteiger partial charge on any atom is 2.00 e. The molecule has 516 valence electrons. The molecule has 12 rings (SSSR count). The third-order valence-corrected chi connectivity index (χ3v) is 20.5. The molecular formula is C82H93BF3N11OsP2+2. The Bertz CT molecular complexity index is 4350. The van der Waals surface area contributed by atoms with E-state index in [-0.39, 0.29) is 64.7 Å². The number of alkyl halides is 3. The summed E-state index contributed by atoms with van der Waals surface area (Å²) in [6, 6.07) is 48.7. The molecule has 0 amide bonds. The summed E-state index contributed by atoms with van der Waals surface area (Å²) < 4.78 is 37.2. The fourth-order valence-corrected chi connectivity index (χ4v) is 14.4. The Morgan fingerprint density at radius 3 is 1.00 bits per heavy atom. The molecular weight excluding hydrogens is 1460 g/mol. The number of nitrogens with zero attached hydrogens (tertiary/aromatic N) is 11. The molecule has 0 spiro atoms. The van der Waals surface area contributed by atoms with Crippen molar-refractivity contribution in [1.82, 2.24) is 55.3 Å². The van der Waals surface area contributed by atoms with Gasteiger partial charge in [-0.05, 0) is 220 Å². The van der Waals surface area contributed by atoms with Crippen LogP contribution in [0.15, 0.2) is 189 Å². The fraction of sp³-hybridized carbons (Fsp3) is 0.280. The number of rotatable bonds is 10. The molecule has 100 heavy (non-hydrogen) atoms. The second-order valence-corrected chi connectivity index (χ2v) is 32.8. The van der Waals surface area contributed by atoms with Gasteiger partial charge in [-0.1, -0.05) is 147 Å². The van der Waals surface area contributed by atoms with Gasteiger partial charge < -0.3 is 20.2 Å². The van der Waals surface area contributed by atoms with Gasteiger partial charge in [0.2, 0.25) is 6.71 Å². The van der Waals surface area contributed by atoms with Crippen LogP contribution in [-0.2, 0) is 36.8 Å². The molecule has 0 atom stereocenters. The SMILES string of the molecule is CC(C)(C)c1ccnc(-c2nc(C(F)(F)F)n[n-]2)c1.C[PH+](C)c1ccccc1.C[PH+](C)c1ccccc1.Cc1cc(C)c(-c2cccnc2)c(C)c1B(c1c(C)cc(C)c(-c2cccnc2)c1C)c1c(C)cc(C)c(-c2cccnc2)c1C.Cc1n[n-]c(-c2cc(C(C)(C)C)ccn2)n1.[Os+2]. The van der Waals surface area contributed by atoms with E-state index in [2.05, 4.69) is 262 Å². The molecule has 12 aromatic rings. The van der Waals surface area contributed by atoms with Gasteiger partial charge in [0.25, 0.3) is 0 Å². The predicted octanol–water partition coefficient (Wildman–Crippen LogP) is 16.6. The molecule has 0 fully saturated rings. The van der Waals surface area contributed by atoms with Crippen LogP contribution < -0.4 is 37.2 Å². The Balaban J connectivity index is 0.000000211. The molecule has 0 saturated heterocycles. The minimum atomic E-state index is -4.59. The van der Waals surface area contributed by atoms with Crippen molar-refractivity contribution in [3.63, 3.8) is 0 Å². The van der Waals surface area contributed by atoms with Gasteiger partial charge in [-0.25, -0.2) is 0 Å². The van der Waals surface area contributed by atoms with Crippen molar-refractivity contribution in [2.45, 2.75) is 128 Å². The van der Waals surface area contributed by atoms with Crippen LogP contribution in [0.5, 0.6) is 0 Å². The molecule has 5 aromatic carbocycles. The van der Waals surface area contributed by atoms with Gasteiger partial charge >= 0.3 is 26.0 Å².